The molecule has 0 fully saturated rings. The smallest absolute Gasteiger partial charge is 0.338 e. The Morgan fingerprint density at radius 2 is 1.62 bits per heavy atom. The molecule has 0 unspecified atom stereocenters. The van der Waals surface area contributed by atoms with Crippen molar-refractivity contribution >= 4 is 23.5 Å². The molecule has 0 aliphatic heterocycles. The second-order valence-electron chi connectivity index (χ2n) is 5.01. The third-order valence-corrected chi connectivity index (χ3v) is 3.27. The van der Waals surface area contributed by atoms with Crippen LogP contribution in [0.2, 0.25) is 0 Å². The number of ether oxygens (including phenoxy) is 2. The van der Waals surface area contributed by atoms with Crippen molar-refractivity contribution < 1.29 is 23.9 Å². The minimum absolute atomic E-state index is 0.168. The minimum atomic E-state index is -0.694. The molecule has 0 aliphatic carbocycles. The lowest BCUT2D eigenvalue weighted by atomic mass is 10.1. The zero-order valence-electron chi connectivity index (χ0n) is 13.4. The number of carbonyl (C=O) groups excluding carboxylic acids is 3. The minimum Gasteiger partial charge on any atom is -0.465 e. The van der Waals surface area contributed by atoms with E-state index in [1.54, 1.807) is 12.1 Å². The highest BCUT2D eigenvalue weighted by molar-refractivity contribution is 5.97. The van der Waals surface area contributed by atoms with Crippen molar-refractivity contribution in [3.05, 3.63) is 65.2 Å². The predicted octanol–water partition coefficient (Wildman–Crippen LogP) is 2.58. The Kier molecular flexibility index (Phi) is 5.68. The molecule has 0 spiro atoms. The lowest BCUT2D eigenvalue weighted by Gasteiger charge is -2.09. The van der Waals surface area contributed by atoms with Crippen LogP contribution in [0.25, 0.3) is 0 Å². The highest BCUT2D eigenvalue weighted by Gasteiger charge is 2.13. The summed E-state index contributed by atoms with van der Waals surface area (Å²) in [6.45, 7) is 1.44. The molecule has 0 bridgehead atoms. The number of hydrogen-bond donors (Lipinski definition) is 1. The largest absolute Gasteiger partial charge is 0.465 e. The molecule has 0 aliphatic rings. The van der Waals surface area contributed by atoms with E-state index >= 15 is 0 Å². The van der Waals surface area contributed by atoms with Gasteiger partial charge in [0.25, 0.3) is 5.91 Å². The van der Waals surface area contributed by atoms with E-state index < -0.39 is 24.5 Å². The average Bonchev–Trinajstić information content (AvgIpc) is 2.61. The zero-order valence-corrected chi connectivity index (χ0v) is 13.4. The van der Waals surface area contributed by atoms with E-state index in [4.69, 9.17) is 4.74 Å². The van der Waals surface area contributed by atoms with Gasteiger partial charge in [0, 0.05) is 5.69 Å². The molecule has 0 saturated carbocycles. The zero-order chi connectivity index (χ0) is 17.5. The van der Waals surface area contributed by atoms with Crippen LogP contribution in [0, 0.1) is 6.92 Å². The quantitative estimate of drug-likeness (QED) is 0.854. The first-order valence-electron chi connectivity index (χ1n) is 7.22. The Labute approximate surface area is 139 Å². The normalized spacial score (nSPS) is 9.92. The molecule has 124 valence electrons. The van der Waals surface area contributed by atoms with Gasteiger partial charge >= 0.3 is 11.9 Å². The number of para-hydroxylation sites is 1. The second-order valence-corrected chi connectivity index (χ2v) is 5.01. The summed E-state index contributed by atoms with van der Waals surface area (Å²) in [5.41, 5.74) is 1.96. The van der Waals surface area contributed by atoms with Crippen LogP contribution in [0.4, 0.5) is 5.69 Å². The van der Waals surface area contributed by atoms with Gasteiger partial charge in [0.15, 0.2) is 6.61 Å². The van der Waals surface area contributed by atoms with Crippen LogP contribution in [0.1, 0.15) is 26.3 Å². The van der Waals surface area contributed by atoms with Gasteiger partial charge in [0.05, 0.1) is 18.2 Å². The summed E-state index contributed by atoms with van der Waals surface area (Å²) in [5.74, 6) is -1.69. The molecule has 0 radical (unpaired) electrons. The number of esters is 2. The summed E-state index contributed by atoms with van der Waals surface area (Å²) in [6, 6.07) is 13.2. The molecule has 6 heteroatoms. The molecule has 2 aromatic carbocycles. The van der Waals surface area contributed by atoms with Gasteiger partial charge in [-0.1, -0.05) is 24.3 Å². The fourth-order valence-electron chi connectivity index (χ4n) is 2.00. The van der Waals surface area contributed by atoms with Crippen LogP contribution in [0.15, 0.2) is 48.5 Å². The van der Waals surface area contributed by atoms with Crippen LogP contribution < -0.4 is 5.32 Å². The van der Waals surface area contributed by atoms with Gasteiger partial charge < -0.3 is 14.8 Å². The number of hydrogen-bond acceptors (Lipinski definition) is 5. The fourth-order valence-corrected chi connectivity index (χ4v) is 2.00. The molecule has 0 heterocycles. The molecule has 0 aromatic heterocycles. The van der Waals surface area contributed by atoms with Crippen LogP contribution in [-0.2, 0) is 14.3 Å². The Balaban J connectivity index is 1.94. The first-order valence-corrected chi connectivity index (χ1v) is 7.22. The fraction of sp³-hybridized carbons (Fsp3) is 0.167. The lowest BCUT2D eigenvalue weighted by molar-refractivity contribution is -0.119. The standard InChI is InChI=1S/C18H17NO5/c1-12-6-3-4-9-15(12)19-16(20)11-24-18(22)14-8-5-7-13(10-14)17(21)23-2/h3-10H,11H2,1-2H3,(H,19,20). The SMILES string of the molecule is COC(=O)c1cccc(C(=O)OCC(=O)Nc2ccccc2C)c1. The number of rotatable bonds is 5. The van der Waals surface area contributed by atoms with Gasteiger partial charge in [-0.15, -0.1) is 0 Å². The number of nitrogens with one attached hydrogen (secondary N) is 1. The van der Waals surface area contributed by atoms with Crippen LogP contribution >= 0.6 is 0 Å². The van der Waals surface area contributed by atoms with Crippen molar-refractivity contribution in [3.63, 3.8) is 0 Å². The summed E-state index contributed by atoms with van der Waals surface area (Å²) in [7, 11) is 1.25. The van der Waals surface area contributed by atoms with E-state index in [-0.39, 0.29) is 11.1 Å². The van der Waals surface area contributed by atoms with E-state index in [1.165, 1.54) is 31.4 Å². The molecule has 1 amide bonds. The van der Waals surface area contributed by atoms with Gasteiger partial charge in [-0.2, -0.15) is 0 Å². The molecule has 2 rings (SSSR count). The van der Waals surface area contributed by atoms with Gasteiger partial charge in [0.2, 0.25) is 0 Å². The van der Waals surface area contributed by atoms with Gasteiger partial charge in [-0.05, 0) is 36.8 Å². The Hall–Kier alpha value is -3.15. The van der Waals surface area contributed by atoms with E-state index in [9.17, 15) is 14.4 Å². The van der Waals surface area contributed by atoms with Crippen molar-refractivity contribution in [2.45, 2.75) is 6.92 Å². The number of benzene rings is 2. The van der Waals surface area contributed by atoms with Crippen molar-refractivity contribution in [2.75, 3.05) is 19.0 Å². The van der Waals surface area contributed by atoms with Crippen molar-refractivity contribution in [3.8, 4) is 0 Å². The maximum atomic E-state index is 12.0. The van der Waals surface area contributed by atoms with E-state index in [0.29, 0.717) is 5.69 Å². The van der Waals surface area contributed by atoms with Gasteiger partial charge in [0.1, 0.15) is 0 Å². The molecule has 2 aromatic rings. The first-order chi connectivity index (χ1) is 11.5. The number of aryl methyl sites for hydroxylation is 1. The van der Waals surface area contributed by atoms with Crippen LogP contribution in [0.5, 0.6) is 0 Å². The molecule has 1 N–H and O–H groups in total. The number of anilines is 1. The van der Waals surface area contributed by atoms with Crippen LogP contribution in [-0.4, -0.2) is 31.6 Å². The summed E-state index contributed by atoms with van der Waals surface area (Å²) < 4.78 is 9.56. The van der Waals surface area contributed by atoms with E-state index in [2.05, 4.69) is 10.1 Å². The first kappa shape index (κ1) is 17.2. The summed E-state index contributed by atoms with van der Waals surface area (Å²) >= 11 is 0. The van der Waals surface area contributed by atoms with Gasteiger partial charge in [-0.3, -0.25) is 4.79 Å². The van der Waals surface area contributed by atoms with Gasteiger partial charge in [-0.25, -0.2) is 9.59 Å². The van der Waals surface area contributed by atoms with E-state index in [1.807, 2.05) is 19.1 Å². The Morgan fingerprint density at radius 3 is 2.29 bits per heavy atom. The van der Waals surface area contributed by atoms with Crippen molar-refractivity contribution in [2.24, 2.45) is 0 Å². The van der Waals surface area contributed by atoms with Crippen molar-refractivity contribution in [1.29, 1.82) is 0 Å². The Morgan fingerprint density at radius 1 is 0.958 bits per heavy atom. The molecular weight excluding hydrogens is 310 g/mol. The highest BCUT2D eigenvalue weighted by Crippen LogP contribution is 2.13. The molecule has 6 nitrogen and oxygen atoms in total. The molecule has 24 heavy (non-hydrogen) atoms. The third kappa shape index (κ3) is 4.42. The number of methoxy groups -OCH3 is 1. The van der Waals surface area contributed by atoms with E-state index in [0.717, 1.165) is 5.56 Å². The number of carbonyl (C=O) groups is 3. The Bertz CT molecular complexity index is 770. The topological polar surface area (TPSA) is 81.7 Å². The third-order valence-electron chi connectivity index (χ3n) is 3.27. The van der Waals surface area contributed by atoms with Crippen molar-refractivity contribution in [1.82, 2.24) is 0 Å². The summed E-state index contributed by atoms with van der Waals surface area (Å²) in [6.07, 6.45) is 0. The monoisotopic (exact) mass is 327 g/mol. The molecule has 0 atom stereocenters. The summed E-state index contributed by atoms with van der Waals surface area (Å²) in [4.78, 5) is 35.3. The predicted molar refractivity (Wildman–Crippen MR) is 87.9 cm³/mol. The molecular formula is C18H17NO5. The maximum Gasteiger partial charge on any atom is 0.338 e. The highest BCUT2D eigenvalue weighted by atomic mass is 16.5. The van der Waals surface area contributed by atoms with Crippen LogP contribution in [0.3, 0.4) is 0 Å². The number of amides is 1. The molecule has 0 saturated heterocycles. The maximum absolute atomic E-state index is 12.0. The second kappa shape index (κ2) is 7.92. The average molecular weight is 327 g/mol. The summed E-state index contributed by atoms with van der Waals surface area (Å²) in [5, 5.41) is 2.67. The lowest BCUT2D eigenvalue weighted by Crippen LogP contribution is -2.21.